The molecule has 1 saturated heterocycles. The molecule has 3 nitrogen and oxygen atoms in total. The number of ether oxygens (including phenoxy) is 1. The summed E-state index contributed by atoms with van der Waals surface area (Å²) in [6.45, 7) is 7.70. The van der Waals surface area contributed by atoms with Crippen LogP contribution < -0.4 is 4.74 Å². The number of benzene rings is 1. The minimum Gasteiger partial charge on any atom is -0.497 e. The lowest BCUT2D eigenvalue weighted by Crippen LogP contribution is -2.28. The summed E-state index contributed by atoms with van der Waals surface area (Å²) in [5, 5.41) is 3.42. The normalized spacial score (nSPS) is 16.0. The van der Waals surface area contributed by atoms with E-state index in [1.54, 1.807) is 18.4 Å². The van der Waals surface area contributed by atoms with Gasteiger partial charge in [-0.15, -0.1) is 11.3 Å². The Hall–Kier alpha value is -1.39. The van der Waals surface area contributed by atoms with E-state index in [4.69, 9.17) is 9.72 Å². The van der Waals surface area contributed by atoms with Gasteiger partial charge in [-0.25, -0.2) is 4.98 Å². The summed E-state index contributed by atoms with van der Waals surface area (Å²) in [4.78, 5) is 7.42. The van der Waals surface area contributed by atoms with Crippen LogP contribution in [-0.4, -0.2) is 30.1 Å². The van der Waals surface area contributed by atoms with E-state index in [0.717, 1.165) is 18.0 Å². The summed E-state index contributed by atoms with van der Waals surface area (Å²) in [5.74, 6) is 0.919. The Balaban J connectivity index is 1.81. The molecular formula is C18H24N2OS. The van der Waals surface area contributed by atoms with Gasteiger partial charge in [0.05, 0.1) is 19.3 Å². The largest absolute Gasteiger partial charge is 0.497 e. The minimum atomic E-state index is 0.919. The Kier molecular flexibility index (Phi) is 4.79. The molecule has 22 heavy (non-hydrogen) atoms. The second-order valence-electron chi connectivity index (χ2n) is 6.10. The van der Waals surface area contributed by atoms with E-state index in [9.17, 15) is 0 Å². The average molecular weight is 316 g/mol. The van der Waals surface area contributed by atoms with Crippen LogP contribution in [0.1, 0.15) is 35.4 Å². The molecule has 1 aliphatic heterocycles. The van der Waals surface area contributed by atoms with E-state index < -0.39 is 0 Å². The van der Waals surface area contributed by atoms with Crippen molar-refractivity contribution in [2.75, 3.05) is 20.2 Å². The van der Waals surface area contributed by atoms with Crippen molar-refractivity contribution in [1.29, 1.82) is 0 Å². The monoisotopic (exact) mass is 316 g/mol. The Morgan fingerprint density at radius 2 is 1.82 bits per heavy atom. The number of aryl methyl sites for hydroxylation is 2. The molecule has 4 heteroatoms. The topological polar surface area (TPSA) is 25.4 Å². The zero-order chi connectivity index (χ0) is 15.5. The van der Waals surface area contributed by atoms with Crippen molar-refractivity contribution in [2.45, 2.75) is 39.7 Å². The molecule has 0 unspecified atom stereocenters. The molecular weight excluding hydrogens is 292 g/mol. The third-order valence-corrected chi connectivity index (χ3v) is 5.19. The highest BCUT2D eigenvalue weighted by Gasteiger charge is 2.15. The molecule has 0 spiro atoms. The number of piperidine rings is 1. The maximum Gasteiger partial charge on any atom is 0.119 e. The summed E-state index contributed by atoms with van der Waals surface area (Å²) in [5.41, 5.74) is 4.81. The second-order valence-corrected chi connectivity index (χ2v) is 7.04. The van der Waals surface area contributed by atoms with E-state index >= 15 is 0 Å². The fraction of sp³-hybridized carbons (Fsp3) is 0.500. The van der Waals surface area contributed by atoms with Gasteiger partial charge in [0.15, 0.2) is 0 Å². The van der Waals surface area contributed by atoms with Gasteiger partial charge >= 0.3 is 0 Å². The van der Waals surface area contributed by atoms with Crippen LogP contribution >= 0.6 is 11.3 Å². The fourth-order valence-electron chi connectivity index (χ4n) is 3.25. The summed E-state index contributed by atoms with van der Waals surface area (Å²) < 4.78 is 5.35. The molecule has 3 rings (SSSR count). The van der Waals surface area contributed by atoms with Crippen LogP contribution in [-0.2, 0) is 6.54 Å². The van der Waals surface area contributed by atoms with Crippen molar-refractivity contribution in [2.24, 2.45) is 0 Å². The predicted molar refractivity (Wildman–Crippen MR) is 92.7 cm³/mol. The predicted octanol–water partition coefficient (Wildman–Crippen LogP) is 4.42. The van der Waals surface area contributed by atoms with E-state index in [0.29, 0.717) is 0 Å². The average Bonchev–Trinajstić information content (AvgIpc) is 2.95. The molecule has 0 aliphatic carbocycles. The van der Waals surface area contributed by atoms with Crippen molar-refractivity contribution in [3.05, 3.63) is 33.6 Å². The molecule has 0 amide bonds. The molecule has 0 saturated carbocycles. The van der Waals surface area contributed by atoms with Gasteiger partial charge in [0.2, 0.25) is 0 Å². The number of hydrogen-bond acceptors (Lipinski definition) is 4. The summed E-state index contributed by atoms with van der Waals surface area (Å²) in [6.07, 6.45) is 4.04. The van der Waals surface area contributed by atoms with Crippen LogP contribution in [0.5, 0.6) is 5.75 Å². The standard InChI is InChI=1S/C18H24N2OS/c1-13-9-15(21-3)10-14(2)18(13)16-12-22-17(19-16)11-20-7-5-4-6-8-20/h9-10,12H,4-8,11H2,1-3H3. The van der Waals surface area contributed by atoms with Crippen molar-refractivity contribution >= 4 is 11.3 Å². The SMILES string of the molecule is COc1cc(C)c(-c2csc(CN3CCCCC3)n2)c(C)c1. The van der Waals surface area contributed by atoms with Crippen molar-refractivity contribution in [1.82, 2.24) is 9.88 Å². The Bertz CT molecular complexity index is 621. The van der Waals surface area contributed by atoms with E-state index in [1.165, 1.54) is 54.0 Å². The van der Waals surface area contributed by atoms with Crippen LogP contribution in [0.25, 0.3) is 11.3 Å². The lowest BCUT2D eigenvalue weighted by atomic mass is 10.0. The molecule has 118 valence electrons. The first-order valence-electron chi connectivity index (χ1n) is 8.00. The maximum atomic E-state index is 5.35. The smallest absolute Gasteiger partial charge is 0.119 e. The third kappa shape index (κ3) is 3.33. The van der Waals surface area contributed by atoms with E-state index in [2.05, 4.69) is 36.3 Å². The van der Waals surface area contributed by atoms with Gasteiger partial charge in [0.25, 0.3) is 0 Å². The summed E-state index contributed by atoms with van der Waals surface area (Å²) >= 11 is 1.78. The van der Waals surface area contributed by atoms with Gasteiger partial charge in [0, 0.05) is 10.9 Å². The maximum absolute atomic E-state index is 5.35. The Labute approximate surface area is 137 Å². The number of aromatic nitrogens is 1. The highest BCUT2D eigenvalue weighted by Crippen LogP contribution is 2.32. The first-order chi connectivity index (χ1) is 10.7. The summed E-state index contributed by atoms with van der Waals surface area (Å²) in [7, 11) is 1.72. The molecule has 0 bridgehead atoms. The van der Waals surface area contributed by atoms with E-state index in [-0.39, 0.29) is 0 Å². The first kappa shape index (κ1) is 15.5. The molecule has 0 N–H and O–H groups in total. The van der Waals surface area contributed by atoms with Crippen LogP contribution in [0.2, 0.25) is 0 Å². The van der Waals surface area contributed by atoms with Gasteiger partial charge in [-0.3, -0.25) is 4.90 Å². The number of likely N-dealkylation sites (tertiary alicyclic amines) is 1. The Morgan fingerprint density at radius 1 is 1.14 bits per heavy atom. The minimum absolute atomic E-state index is 0.919. The fourth-order valence-corrected chi connectivity index (χ4v) is 4.08. The number of methoxy groups -OCH3 is 1. The highest BCUT2D eigenvalue weighted by atomic mass is 32.1. The van der Waals surface area contributed by atoms with Gasteiger partial charge in [-0.2, -0.15) is 0 Å². The quantitative estimate of drug-likeness (QED) is 0.835. The first-order valence-corrected chi connectivity index (χ1v) is 8.87. The zero-order valence-electron chi connectivity index (χ0n) is 13.7. The number of rotatable bonds is 4. The van der Waals surface area contributed by atoms with Crippen LogP contribution in [0.15, 0.2) is 17.5 Å². The zero-order valence-corrected chi connectivity index (χ0v) is 14.5. The molecule has 0 atom stereocenters. The molecule has 2 heterocycles. The van der Waals surface area contributed by atoms with Crippen LogP contribution in [0.3, 0.4) is 0 Å². The molecule has 0 radical (unpaired) electrons. The van der Waals surface area contributed by atoms with Gasteiger partial charge < -0.3 is 4.74 Å². The van der Waals surface area contributed by atoms with Crippen molar-refractivity contribution < 1.29 is 4.74 Å². The summed E-state index contributed by atoms with van der Waals surface area (Å²) in [6, 6.07) is 4.18. The van der Waals surface area contributed by atoms with Gasteiger partial charge in [-0.1, -0.05) is 6.42 Å². The lowest BCUT2D eigenvalue weighted by Gasteiger charge is -2.25. The van der Waals surface area contributed by atoms with Gasteiger partial charge in [0.1, 0.15) is 10.8 Å². The van der Waals surface area contributed by atoms with Crippen molar-refractivity contribution in [3.8, 4) is 17.0 Å². The molecule has 1 fully saturated rings. The molecule has 1 aliphatic rings. The van der Waals surface area contributed by atoms with Crippen molar-refractivity contribution in [3.63, 3.8) is 0 Å². The second kappa shape index (κ2) is 6.80. The number of nitrogens with zero attached hydrogens (tertiary/aromatic N) is 2. The highest BCUT2D eigenvalue weighted by molar-refractivity contribution is 7.09. The molecule has 2 aromatic rings. The molecule has 1 aromatic heterocycles. The van der Waals surface area contributed by atoms with Gasteiger partial charge in [-0.05, 0) is 63.0 Å². The lowest BCUT2D eigenvalue weighted by molar-refractivity contribution is 0.220. The van der Waals surface area contributed by atoms with E-state index in [1.807, 2.05) is 0 Å². The van der Waals surface area contributed by atoms with Crippen LogP contribution in [0, 0.1) is 13.8 Å². The molecule has 1 aromatic carbocycles. The number of hydrogen-bond donors (Lipinski definition) is 0. The number of thiazole rings is 1. The Morgan fingerprint density at radius 3 is 2.45 bits per heavy atom. The third-order valence-electron chi connectivity index (χ3n) is 4.36. The van der Waals surface area contributed by atoms with Crippen LogP contribution in [0.4, 0.5) is 0 Å².